The highest BCUT2D eigenvalue weighted by molar-refractivity contribution is 7.99. The van der Waals surface area contributed by atoms with Gasteiger partial charge in [-0.2, -0.15) is 0 Å². The predicted molar refractivity (Wildman–Crippen MR) is 119 cm³/mol. The summed E-state index contributed by atoms with van der Waals surface area (Å²) in [5, 5.41) is 3.68. The number of fused-ring (bicyclic) bond motifs is 3. The van der Waals surface area contributed by atoms with Gasteiger partial charge in [0.05, 0.1) is 30.6 Å². The lowest BCUT2D eigenvalue weighted by Gasteiger charge is -2.13. The number of hydrogen-bond acceptors (Lipinski definition) is 8. The Labute approximate surface area is 187 Å². The van der Waals surface area contributed by atoms with Crippen molar-refractivity contribution in [3.05, 3.63) is 45.0 Å². The summed E-state index contributed by atoms with van der Waals surface area (Å²) in [6.07, 6.45) is 5.65. The zero-order valence-electron chi connectivity index (χ0n) is 17.1. The number of hydrogen-bond donors (Lipinski definition) is 1. The van der Waals surface area contributed by atoms with Gasteiger partial charge in [-0.25, -0.2) is 4.98 Å². The van der Waals surface area contributed by atoms with Gasteiger partial charge in [-0.15, -0.1) is 11.3 Å². The zero-order valence-corrected chi connectivity index (χ0v) is 18.8. The monoisotopic (exact) mass is 461 g/mol. The van der Waals surface area contributed by atoms with E-state index in [0.29, 0.717) is 16.3 Å². The van der Waals surface area contributed by atoms with Crippen molar-refractivity contribution in [2.75, 3.05) is 18.9 Å². The van der Waals surface area contributed by atoms with Gasteiger partial charge < -0.3 is 14.5 Å². The van der Waals surface area contributed by atoms with Crippen molar-refractivity contribution < 1.29 is 18.7 Å². The molecular formula is C21H23N3O5S2. The molecule has 1 N–H and O–H groups in total. The second-order valence-electron chi connectivity index (χ2n) is 7.13. The number of carbonyl (C=O) groups excluding carboxylic acids is 2. The normalized spacial score (nSPS) is 13.2. The van der Waals surface area contributed by atoms with Crippen LogP contribution >= 0.6 is 23.1 Å². The van der Waals surface area contributed by atoms with Gasteiger partial charge in [-0.3, -0.25) is 19.0 Å². The fraction of sp³-hybridized carbons (Fsp3) is 0.429. The number of ether oxygens (including phenoxy) is 1. The fourth-order valence-electron chi connectivity index (χ4n) is 3.59. The molecule has 0 bridgehead atoms. The Morgan fingerprint density at radius 1 is 1.35 bits per heavy atom. The standard InChI is InChI=1S/C21H23N3O5S2/c1-2-28-17(26)10-22-16(25)12-30-21-23-19-18(14-7-3-4-8-15(14)31-19)20(27)24(21)11-13-6-5-9-29-13/h5-6,9H,2-4,7-8,10-12H2,1H3,(H,22,25). The highest BCUT2D eigenvalue weighted by atomic mass is 32.2. The van der Waals surface area contributed by atoms with E-state index in [-0.39, 0.29) is 36.9 Å². The second-order valence-corrected chi connectivity index (χ2v) is 9.15. The van der Waals surface area contributed by atoms with Crippen LogP contribution in [0.3, 0.4) is 0 Å². The van der Waals surface area contributed by atoms with E-state index in [1.54, 1.807) is 41.2 Å². The third-order valence-electron chi connectivity index (χ3n) is 5.00. The molecule has 8 nitrogen and oxygen atoms in total. The first-order valence-electron chi connectivity index (χ1n) is 10.2. The molecule has 0 aromatic carbocycles. The van der Waals surface area contributed by atoms with Crippen molar-refractivity contribution in [2.24, 2.45) is 0 Å². The molecule has 1 aliphatic carbocycles. The van der Waals surface area contributed by atoms with Crippen LogP contribution in [0.1, 0.15) is 36.0 Å². The third-order valence-corrected chi connectivity index (χ3v) is 7.16. The van der Waals surface area contributed by atoms with Crippen LogP contribution in [0.15, 0.2) is 32.8 Å². The first-order chi connectivity index (χ1) is 15.1. The van der Waals surface area contributed by atoms with Crippen molar-refractivity contribution in [2.45, 2.75) is 44.3 Å². The van der Waals surface area contributed by atoms with Crippen molar-refractivity contribution in [3.63, 3.8) is 0 Å². The van der Waals surface area contributed by atoms with Crippen LogP contribution in [-0.4, -0.2) is 40.3 Å². The number of carbonyl (C=O) groups is 2. The average molecular weight is 462 g/mol. The number of aromatic nitrogens is 2. The van der Waals surface area contributed by atoms with E-state index in [0.717, 1.165) is 36.1 Å². The van der Waals surface area contributed by atoms with Crippen LogP contribution in [0.25, 0.3) is 10.2 Å². The van der Waals surface area contributed by atoms with E-state index in [4.69, 9.17) is 14.1 Å². The molecule has 0 saturated carbocycles. The van der Waals surface area contributed by atoms with E-state index < -0.39 is 5.97 Å². The van der Waals surface area contributed by atoms with Crippen LogP contribution in [0.5, 0.6) is 0 Å². The van der Waals surface area contributed by atoms with E-state index >= 15 is 0 Å². The number of nitrogens with zero attached hydrogens (tertiary/aromatic N) is 2. The molecule has 0 atom stereocenters. The van der Waals surface area contributed by atoms with Gasteiger partial charge in [-0.05, 0) is 50.3 Å². The second kappa shape index (κ2) is 9.69. The first kappa shape index (κ1) is 21.6. The molecule has 3 aromatic heterocycles. The van der Waals surface area contributed by atoms with E-state index in [1.807, 2.05) is 0 Å². The van der Waals surface area contributed by atoms with E-state index in [1.165, 1.54) is 16.6 Å². The molecule has 164 valence electrons. The van der Waals surface area contributed by atoms with Gasteiger partial charge in [0.2, 0.25) is 5.91 Å². The summed E-state index contributed by atoms with van der Waals surface area (Å²) in [5.74, 6) is -0.150. The van der Waals surface area contributed by atoms with Crippen molar-refractivity contribution >= 4 is 45.2 Å². The summed E-state index contributed by atoms with van der Waals surface area (Å²) in [6.45, 7) is 2.03. The summed E-state index contributed by atoms with van der Waals surface area (Å²) in [7, 11) is 0. The highest BCUT2D eigenvalue weighted by Crippen LogP contribution is 2.34. The van der Waals surface area contributed by atoms with Gasteiger partial charge >= 0.3 is 5.97 Å². The number of esters is 1. The molecule has 3 heterocycles. The minimum absolute atomic E-state index is 0.0284. The summed E-state index contributed by atoms with van der Waals surface area (Å²) in [5.41, 5.74) is 1.02. The Kier molecular flexibility index (Phi) is 6.77. The number of nitrogens with one attached hydrogen (secondary N) is 1. The lowest BCUT2D eigenvalue weighted by molar-refractivity contribution is -0.143. The molecule has 1 amide bonds. The van der Waals surface area contributed by atoms with Crippen LogP contribution in [0.4, 0.5) is 0 Å². The Bertz CT molecular complexity index is 1150. The van der Waals surface area contributed by atoms with Crippen molar-refractivity contribution in [1.29, 1.82) is 0 Å². The predicted octanol–water partition coefficient (Wildman–Crippen LogP) is 2.75. The van der Waals surface area contributed by atoms with Gasteiger partial charge in [0.25, 0.3) is 5.56 Å². The molecule has 0 spiro atoms. The molecule has 0 radical (unpaired) electrons. The van der Waals surface area contributed by atoms with Gasteiger partial charge in [0, 0.05) is 4.88 Å². The van der Waals surface area contributed by atoms with Gasteiger partial charge in [0.15, 0.2) is 5.16 Å². The molecule has 0 aliphatic heterocycles. The Morgan fingerprint density at radius 3 is 2.97 bits per heavy atom. The molecule has 0 unspecified atom stereocenters. The largest absolute Gasteiger partial charge is 0.467 e. The maximum Gasteiger partial charge on any atom is 0.325 e. The minimum Gasteiger partial charge on any atom is -0.467 e. The summed E-state index contributed by atoms with van der Waals surface area (Å²) in [6, 6.07) is 3.58. The average Bonchev–Trinajstić information content (AvgIpc) is 3.40. The lowest BCUT2D eigenvalue weighted by Crippen LogP contribution is -2.32. The van der Waals surface area contributed by atoms with Crippen LogP contribution in [0.2, 0.25) is 0 Å². The quantitative estimate of drug-likeness (QED) is 0.312. The van der Waals surface area contributed by atoms with E-state index in [9.17, 15) is 14.4 Å². The van der Waals surface area contributed by atoms with Crippen LogP contribution in [0, 0.1) is 0 Å². The van der Waals surface area contributed by atoms with Gasteiger partial charge in [0.1, 0.15) is 17.1 Å². The van der Waals surface area contributed by atoms with Crippen LogP contribution < -0.4 is 10.9 Å². The molecular weight excluding hydrogens is 438 g/mol. The number of thiophene rings is 1. The first-order valence-corrected chi connectivity index (χ1v) is 12.0. The number of rotatable bonds is 8. The molecule has 4 rings (SSSR count). The Balaban J connectivity index is 1.61. The molecule has 1 aliphatic rings. The highest BCUT2D eigenvalue weighted by Gasteiger charge is 2.23. The molecule has 31 heavy (non-hydrogen) atoms. The van der Waals surface area contributed by atoms with Gasteiger partial charge in [-0.1, -0.05) is 11.8 Å². The summed E-state index contributed by atoms with van der Waals surface area (Å²) >= 11 is 2.75. The minimum atomic E-state index is -0.487. The Hall–Kier alpha value is -2.59. The van der Waals surface area contributed by atoms with Crippen molar-refractivity contribution in [3.8, 4) is 0 Å². The summed E-state index contributed by atoms with van der Waals surface area (Å²) in [4.78, 5) is 43.8. The number of amides is 1. The number of aryl methyl sites for hydroxylation is 2. The lowest BCUT2D eigenvalue weighted by atomic mass is 9.97. The smallest absolute Gasteiger partial charge is 0.325 e. The molecule has 3 aromatic rings. The molecule has 10 heteroatoms. The van der Waals surface area contributed by atoms with Crippen LogP contribution in [-0.2, 0) is 33.7 Å². The maximum absolute atomic E-state index is 13.5. The Morgan fingerprint density at radius 2 is 2.19 bits per heavy atom. The third kappa shape index (κ3) is 4.85. The van der Waals surface area contributed by atoms with E-state index in [2.05, 4.69) is 5.32 Å². The number of thioether (sulfide) groups is 1. The topological polar surface area (TPSA) is 103 Å². The SMILES string of the molecule is CCOC(=O)CNC(=O)CSc1nc2sc3c(c2c(=O)n1Cc1ccco1)CCCC3. The molecule has 0 saturated heterocycles. The maximum atomic E-state index is 13.5. The summed E-state index contributed by atoms with van der Waals surface area (Å²) < 4.78 is 11.8. The molecule has 0 fully saturated rings. The zero-order chi connectivity index (χ0) is 21.8. The fourth-order valence-corrected chi connectivity index (χ4v) is 5.72. The number of furan rings is 1. The van der Waals surface area contributed by atoms with Crippen molar-refractivity contribution in [1.82, 2.24) is 14.9 Å².